The standard InChI is InChI=1S/C5H10Br2.N2/c6-4-2-1-3-5-7;1-2/h1-5H2;. The number of hydrogen-bond acceptors (Lipinski definition) is 2. The van der Waals surface area contributed by atoms with Crippen molar-refractivity contribution in [3.05, 3.63) is 0 Å². The third-order valence-corrected chi connectivity index (χ3v) is 1.89. The van der Waals surface area contributed by atoms with Crippen LogP contribution in [-0.4, -0.2) is 10.7 Å². The van der Waals surface area contributed by atoms with Gasteiger partial charge in [-0.2, -0.15) is 0 Å². The van der Waals surface area contributed by atoms with Crippen LogP contribution < -0.4 is 0 Å². The molecule has 9 heavy (non-hydrogen) atoms. The summed E-state index contributed by atoms with van der Waals surface area (Å²) in [5.74, 6) is 0. The predicted molar refractivity (Wildman–Crippen MR) is 44.9 cm³/mol. The zero-order valence-electron chi connectivity index (χ0n) is 5.19. The molecular weight excluding hydrogens is 248 g/mol. The second-order valence-electron chi connectivity index (χ2n) is 1.44. The molecule has 0 radical (unpaired) electrons. The molecule has 0 aromatic rings. The highest BCUT2D eigenvalue weighted by molar-refractivity contribution is 9.09. The van der Waals surface area contributed by atoms with E-state index >= 15 is 0 Å². The summed E-state index contributed by atoms with van der Waals surface area (Å²) in [6.07, 6.45) is 3.97. The van der Waals surface area contributed by atoms with Gasteiger partial charge in [-0.15, -0.1) is 0 Å². The third kappa shape index (κ3) is 17.8. The SMILES string of the molecule is BrCCCCCBr.N#N. The van der Waals surface area contributed by atoms with Crippen LogP contribution in [0.3, 0.4) is 0 Å². The first-order chi connectivity index (χ1) is 4.41. The largest absolute Gasteiger partial charge is 0.0928 e. The van der Waals surface area contributed by atoms with Crippen LogP contribution in [0, 0.1) is 10.8 Å². The van der Waals surface area contributed by atoms with Gasteiger partial charge in [-0.05, 0) is 12.8 Å². The lowest BCUT2D eigenvalue weighted by atomic mass is 10.3. The second-order valence-corrected chi connectivity index (χ2v) is 3.02. The zero-order valence-corrected chi connectivity index (χ0v) is 8.36. The molecule has 0 aromatic carbocycles. The van der Waals surface area contributed by atoms with Crippen molar-refractivity contribution in [1.82, 2.24) is 0 Å². The van der Waals surface area contributed by atoms with E-state index in [1.807, 2.05) is 0 Å². The van der Waals surface area contributed by atoms with Crippen molar-refractivity contribution >= 4 is 31.9 Å². The highest BCUT2D eigenvalue weighted by Gasteiger charge is 1.81. The van der Waals surface area contributed by atoms with Gasteiger partial charge < -0.3 is 0 Å². The van der Waals surface area contributed by atoms with Crippen molar-refractivity contribution in [2.24, 2.45) is 0 Å². The first-order valence-electron chi connectivity index (χ1n) is 2.73. The minimum atomic E-state index is 1.15. The van der Waals surface area contributed by atoms with Crippen LogP contribution in [0.5, 0.6) is 0 Å². The summed E-state index contributed by atoms with van der Waals surface area (Å²) in [6.45, 7) is 0. The summed E-state index contributed by atoms with van der Waals surface area (Å²) in [7, 11) is 0. The summed E-state index contributed by atoms with van der Waals surface area (Å²) in [5.41, 5.74) is 0. The van der Waals surface area contributed by atoms with E-state index in [1.54, 1.807) is 0 Å². The van der Waals surface area contributed by atoms with Crippen LogP contribution in [0.2, 0.25) is 0 Å². The molecule has 0 aromatic heterocycles. The maximum Gasteiger partial charge on any atom is 0.00313 e. The van der Waals surface area contributed by atoms with Gasteiger partial charge in [-0.1, -0.05) is 38.3 Å². The lowest BCUT2D eigenvalue weighted by Gasteiger charge is -1.88. The molecule has 0 aliphatic heterocycles. The third-order valence-electron chi connectivity index (χ3n) is 0.767. The Morgan fingerprint density at radius 2 is 1.11 bits per heavy atom. The maximum atomic E-state index is 6.00. The van der Waals surface area contributed by atoms with Crippen molar-refractivity contribution in [2.75, 3.05) is 10.7 Å². The fraction of sp³-hybridized carbons (Fsp3) is 1.00. The van der Waals surface area contributed by atoms with Crippen LogP contribution >= 0.6 is 31.9 Å². The van der Waals surface area contributed by atoms with E-state index in [4.69, 9.17) is 10.8 Å². The van der Waals surface area contributed by atoms with Crippen LogP contribution in [0.25, 0.3) is 0 Å². The van der Waals surface area contributed by atoms with Crippen LogP contribution in [0.1, 0.15) is 19.3 Å². The van der Waals surface area contributed by atoms with Gasteiger partial charge >= 0.3 is 0 Å². The average Bonchev–Trinajstić information content (AvgIpc) is 1.94. The van der Waals surface area contributed by atoms with Gasteiger partial charge in [-0.25, -0.2) is 0 Å². The Hall–Kier alpha value is 0.380. The first-order valence-corrected chi connectivity index (χ1v) is 4.98. The quantitative estimate of drug-likeness (QED) is 0.442. The molecule has 0 spiro atoms. The van der Waals surface area contributed by atoms with E-state index in [-0.39, 0.29) is 0 Å². The minimum Gasteiger partial charge on any atom is -0.0928 e. The lowest BCUT2D eigenvalue weighted by Crippen LogP contribution is -1.76. The van der Waals surface area contributed by atoms with Crippen molar-refractivity contribution in [2.45, 2.75) is 19.3 Å². The van der Waals surface area contributed by atoms with E-state index in [0.29, 0.717) is 0 Å². The molecule has 0 saturated heterocycles. The molecule has 0 bridgehead atoms. The average molecular weight is 258 g/mol. The van der Waals surface area contributed by atoms with Gasteiger partial charge in [-0.3, -0.25) is 0 Å². The molecule has 0 aliphatic carbocycles. The molecule has 0 aliphatic rings. The molecule has 0 unspecified atom stereocenters. The van der Waals surface area contributed by atoms with Crippen molar-refractivity contribution < 1.29 is 0 Å². The van der Waals surface area contributed by atoms with Crippen LogP contribution in [0.15, 0.2) is 0 Å². The lowest BCUT2D eigenvalue weighted by molar-refractivity contribution is 0.792. The van der Waals surface area contributed by atoms with E-state index in [2.05, 4.69) is 31.9 Å². The number of rotatable bonds is 4. The van der Waals surface area contributed by atoms with Gasteiger partial charge in [0.2, 0.25) is 0 Å². The Kier molecular flexibility index (Phi) is 21.2. The summed E-state index contributed by atoms with van der Waals surface area (Å²) >= 11 is 6.73. The maximum absolute atomic E-state index is 6.00. The molecule has 0 amide bonds. The van der Waals surface area contributed by atoms with E-state index in [0.717, 1.165) is 10.7 Å². The topological polar surface area (TPSA) is 47.6 Å². The number of halogens is 2. The summed E-state index contributed by atoms with van der Waals surface area (Å²) in [6, 6.07) is 0. The Morgan fingerprint density at radius 3 is 1.33 bits per heavy atom. The Labute approximate surface area is 72.7 Å². The van der Waals surface area contributed by atoms with Crippen molar-refractivity contribution in [3.63, 3.8) is 0 Å². The number of nitrogens with zero attached hydrogens (tertiary/aromatic N) is 2. The zero-order chi connectivity index (χ0) is 7.54. The predicted octanol–water partition coefficient (Wildman–Crippen LogP) is 2.98. The molecule has 2 nitrogen and oxygen atoms in total. The Morgan fingerprint density at radius 1 is 0.778 bits per heavy atom. The second kappa shape index (κ2) is 15.8. The Balaban J connectivity index is 0. The van der Waals surface area contributed by atoms with E-state index in [9.17, 15) is 0 Å². The van der Waals surface area contributed by atoms with Gasteiger partial charge in [0.25, 0.3) is 0 Å². The van der Waals surface area contributed by atoms with E-state index in [1.165, 1.54) is 19.3 Å². The Bertz CT molecular complexity index is 52.2. The highest BCUT2D eigenvalue weighted by atomic mass is 79.9. The summed E-state index contributed by atoms with van der Waals surface area (Å²) in [5, 5.41) is 14.3. The summed E-state index contributed by atoms with van der Waals surface area (Å²) < 4.78 is 0. The van der Waals surface area contributed by atoms with Crippen molar-refractivity contribution in [3.8, 4) is 0 Å². The molecule has 0 rings (SSSR count). The van der Waals surface area contributed by atoms with Gasteiger partial charge in [0, 0.05) is 21.4 Å². The van der Waals surface area contributed by atoms with Gasteiger partial charge in [0.15, 0.2) is 0 Å². The molecule has 4 heteroatoms. The summed E-state index contributed by atoms with van der Waals surface area (Å²) in [4.78, 5) is 0. The van der Waals surface area contributed by atoms with Gasteiger partial charge in [0.1, 0.15) is 0 Å². The van der Waals surface area contributed by atoms with Crippen LogP contribution in [0.4, 0.5) is 0 Å². The van der Waals surface area contributed by atoms with Crippen molar-refractivity contribution in [1.29, 1.82) is 10.8 Å². The van der Waals surface area contributed by atoms with Gasteiger partial charge in [0.05, 0.1) is 0 Å². The smallest absolute Gasteiger partial charge is 0.00313 e. The molecule has 0 saturated carbocycles. The normalized spacial score (nSPS) is 7.56. The molecule has 0 N–H and O–H groups in total. The first kappa shape index (κ1) is 12.1. The molecule has 0 heterocycles. The fourth-order valence-corrected chi connectivity index (χ4v) is 1.16. The number of hydrogen-bond donors (Lipinski definition) is 0. The minimum absolute atomic E-state index is 1.15. The number of unbranched alkanes of at least 4 members (excludes halogenated alkanes) is 2. The fourth-order valence-electron chi connectivity index (χ4n) is 0.366. The van der Waals surface area contributed by atoms with Crippen LogP contribution in [-0.2, 0) is 0 Å². The molecule has 0 atom stereocenters. The highest BCUT2D eigenvalue weighted by Crippen LogP contribution is 1.99. The molecular formula is C5H10Br2N2. The monoisotopic (exact) mass is 256 g/mol. The van der Waals surface area contributed by atoms with E-state index < -0.39 is 0 Å². The molecule has 54 valence electrons. The molecule has 0 fully saturated rings. The number of alkyl halides is 2.